The predicted octanol–water partition coefficient (Wildman–Crippen LogP) is 2.48. The molecule has 2 N–H and O–H groups in total. The first kappa shape index (κ1) is 18.5. The summed E-state index contributed by atoms with van der Waals surface area (Å²) in [7, 11) is 0. The first-order valence-corrected chi connectivity index (χ1v) is 9.16. The number of hydrogen-bond acceptors (Lipinski definition) is 6. The molecular weight excluding hydrogens is 328 g/mol. The van der Waals surface area contributed by atoms with Crippen LogP contribution in [0.3, 0.4) is 0 Å². The minimum absolute atomic E-state index is 0.207. The van der Waals surface area contributed by atoms with Crippen molar-refractivity contribution in [3.05, 3.63) is 41.0 Å². The lowest BCUT2D eigenvalue weighted by atomic mass is 9.59. The Kier molecular flexibility index (Phi) is 5.36. The van der Waals surface area contributed by atoms with E-state index in [0.29, 0.717) is 17.7 Å². The molecule has 3 unspecified atom stereocenters. The Morgan fingerprint density at radius 2 is 2.08 bits per heavy atom. The van der Waals surface area contributed by atoms with Gasteiger partial charge in [-0.05, 0) is 88.7 Å². The summed E-state index contributed by atoms with van der Waals surface area (Å²) in [5, 5.41) is 24.4. The minimum Gasteiger partial charge on any atom is -0.508 e. The van der Waals surface area contributed by atoms with Gasteiger partial charge < -0.3 is 5.11 Å². The van der Waals surface area contributed by atoms with E-state index in [-0.39, 0.29) is 5.41 Å². The maximum absolute atomic E-state index is 9.87. The van der Waals surface area contributed by atoms with Crippen LogP contribution in [-0.2, 0) is 11.8 Å². The lowest BCUT2D eigenvalue weighted by Crippen LogP contribution is -2.57. The molecule has 7 heteroatoms. The standard InChI is InChI=1S/C19H27NO.HN5/c1-13(2)7-9-20-10-8-19(4)14(3)18(20)11-15-5-6-16(21)12-17(15)19;1-2-4-5-3-1/h5-7,12,14,18,21H,8-11H2,1-4H3;(H,1,2,3,4,5). The van der Waals surface area contributed by atoms with Crippen LogP contribution >= 0.6 is 0 Å². The van der Waals surface area contributed by atoms with E-state index >= 15 is 0 Å². The van der Waals surface area contributed by atoms with E-state index in [1.54, 1.807) is 0 Å². The van der Waals surface area contributed by atoms with Crippen LogP contribution in [0.4, 0.5) is 0 Å². The van der Waals surface area contributed by atoms with Gasteiger partial charge >= 0.3 is 0 Å². The molecular formula is C19H28N6O. The summed E-state index contributed by atoms with van der Waals surface area (Å²) in [6.07, 6.45) is 4.64. The van der Waals surface area contributed by atoms with Crippen molar-refractivity contribution in [1.29, 1.82) is 0 Å². The number of allylic oxidation sites excluding steroid dienone is 1. The number of piperidine rings is 1. The Balaban J connectivity index is 0.000000339. The number of rotatable bonds is 2. The van der Waals surface area contributed by atoms with Gasteiger partial charge in [0.25, 0.3) is 0 Å². The number of aromatic nitrogens is 5. The summed E-state index contributed by atoms with van der Waals surface area (Å²) in [4.78, 5) is 2.65. The number of phenolic OH excluding ortho intramolecular Hbond substituents is 1. The SMILES string of the molecule is CC(C)=CCN1CCC2(C)c3cc(O)ccc3CC1C2C.n1nn[nH]n1. The number of aromatic hydroxyl groups is 1. The molecule has 1 aromatic heterocycles. The van der Waals surface area contributed by atoms with Gasteiger partial charge in [0.05, 0.1) is 0 Å². The molecule has 2 bridgehead atoms. The van der Waals surface area contributed by atoms with E-state index in [2.05, 4.69) is 70.8 Å². The summed E-state index contributed by atoms with van der Waals surface area (Å²) in [6, 6.07) is 6.60. The lowest BCUT2D eigenvalue weighted by Gasteiger charge is -2.54. The molecule has 2 aliphatic rings. The average Bonchev–Trinajstić information content (AvgIpc) is 3.18. The van der Waals surface area contributed by atoms with Crippen molar-refractivity contribution in [2.45, 2.75) is 52.0 Å². The third-order valence-electron chi connectivity index (χ3n) is 6.06. The maximum atomic E-state index is 9.87. The Labute approximate surface area is 154 Å². The summed E-state index contributed by atoms with van der Waals surface area (Å²) in [5.41, 5.74) is 4.42. The van der Waals surface area contributed by atoms with E-state index in [0.717, 1.165) is 19.5 Å². The zero-order valence-electron chi connectivity index (χ0n) is 16.0. The zero-order chi connectivity index (χ0) is 18.7. The highest BCUT2D eigenvalue weighted by molar-refractivity contribution is 5.44. The summed E-state index contributed by atoms with van der Waals surface area (Å²) in [6.45, 7) is 11.4. The molecule has 0 saturated carbocycles. The van der Waals surface area contributed by atoms with Crippen molar-refractivity contribution < 1.29 is 5.11 Å². The first-order valence-electron chi connectivity index (χ1n) is 9.16. The highest BCUT2D eigenvalue weighted by Crippen LogP contribution is 2.49. The van der Waals surface area contributed by atoms with Gasteiger partial charge in [0.15, 0.2) is 0 Å². The number of fused-ring (bicyclic) bond motifs is 4. The molecule has 7 nitrogen and oxygen atoms in total. The molecule has 3 atom stereocenters. The van der Waals surface area contributed by atoms with Crippen LogP contribution in [0.25, 0.3) is 0 Å². The van der Waals surface area contributed by atoms with Crippen LogP contribution < -0.4 is 0 Å². The Morgan fingerprint density at radius 3 is 2.69 bits per heavy atom. The first-order chi connectivity index (χ1) is 12.4. The van der Waals surface area contributed by atoms with Gasteiger partial charge in [0.1, 0.15) is 5.75 Å². The number of aromatic amines is 1. The third kappa shape index (κ3) is 3.62. The van der Waals surface area contributed by atoms with E-state index < -0.39 is 0 Å². The van der Waals surface area contributed by atoms with Crippen molar-refractivity contribution in [2.24, 2.45) is 5.92 Å². The fourth-order valence-corrected chi connectivity index (χ4v) is 4.32. The average molecular weight is 356 g/mol. The van der Waals surface area contributed by atoms with E-state index in [1.807, 2.05) is 12.1 Å². The summed E-state index contributed by atoms with van der Waals surface area (Å²) >= 11 is 0. The van der Waals surface area contributed by atoms with Crippen molar-refractivity contribution in [2.75, 3.05) is 13.1 Å². The summed E-state index contributed by atoms with van der Waals surface area (Å²) < 4.78 is 0. The minimum atomic E-state index is 0.207. The number of nitrogens with zero attached hydrogens (tertiary/aromatic N) is 5. The van der Waals surface area contributed by atoms with Gasteiger partial charge in [0, 0.05) is 12.6 Å². The Hall–Kier alpha value is -2.28. The molecule has 2 aromatic rings. The molecule has 1 aliphatic carbocycles. The van der Waals surface area contributed by atoms with Crippen LogP contribution in [0, 0.1) is 5.92 Å². The van der Waals surface area contributed by atoms with Crippen LogP contribution in [0.1, 0.15) is 45.2 Å². The quantitative estimate of drug-likeness (QED) is 0.804. The van der Waals surface area contributed by atoms with Gasteiger partial charge in [-0.2, -0.15) is 5.21 Å². The predicted molar refractivity (Wildman–Crippen MR) is 99.7 cm³/mol. The number of nitrogens with one attached hydrogen (secondary N) is 1. The van der Waals surface area contributed by atoms with Crippen LogP contribution in [0.5, 0.6) is 5.75 Å². The second-order valence-electron chi connectivity index (χ2n) is 7.82. The molecule has 0 amide bonds. The van der Waals surface area contributed by atoms with Crippen LogP contribution in [-0.4, -0.2) is 55.2 Å². The smallest absolute Gasteiger partial charge is 0.115 e. The second-order valence-corrected chi connectivity index (χ2v) is 7.82. The summed E-state index contributed by atoms with van der Waals surface area (Å²) in [5.74, 6) is 1.04. The number of benzene rings is 1. The van der Waals surface area contributed by atoms with Gasteiger partial charge in [0.2, 0.25) is 0 Å². The molecule has 1 aromatic carbocycles. The molecule has 0 radical (unpaired) electrons. The number of phenols is 1. The number of hydrogen-bond donors (Lipinski definition) is 2. The van der Waals surface area contributed by atoms with E-state index in [4.69, 9.17) is 0 Å². The Morgan fingerprint density at radius 1 is 1.35 bits per heavy atom. The molecule has 1 fully saturated rings. The zero-order valence-corrected chi connectivity index (χ0v) is 16.0. The Bertz CT molecular complexity index is 738. The van der Waals surface area contributed by atoms with Gasteiger partial charge in [-0.15, -0.1) is 0 Å². The molecule has 140 valence electrons. The third-order valence-corrected chi connectivity index (χ3v) is 6.06. The second kappa shape index (κ2) is 7.53. The van der Waals surface area contributed by atoms with Crippen molar-refractivity contribution in [3.63, 3.8) is 0 Å². The topological polar surface area (TPSA) is 90.8 Å². The molecule has 26 heavy (non-hydrogen) atoms. The van der Waals surface area contributed by atoms with E-state index in [9.17, 15) is 5.11 Å². The largest absolute Gasteiger partial charge is 0.508 e. The fraction of sp³-hybridized carbons (Fsp3) is 0.579. The van der Waals surface area contributed by atoms with Gasteiger partial charge in [-0.3, -0.25) is 4.90 Å². The van der Waals surface area contributed by atoms with Gasteiger partial charge in [-0.25, -0.2) is 0 Å². The number of H-pyrrole nitrogens is 1. The van der Waals surface area contributed by atoms with E-state index in [1.165, 1.54) is 23.1 Å². The lowest BCUT2D eigenvalue weighted by molar-refractivity contribution is 0.0397. The van der Waals surface area contributed by atoms with Gasteiger partial charge in [-0.1, -0.05) is 31.6 Å². The molecule has 4 rings (SSSR count). The normalized spacial score (nSPS) is 27.1. The maximum Gasteiger partial charge on any atom is 0.115 e. The van der Waals surface area contributed by atoms with Crippen LogP contribution in [0.15, 0.2) is 29.8 Å². The molecule has 1 aliphatic heterocycles. The number of likely N-dealkylation sites (tertiary alicyclic amines) is 1. The highest BCUT2D eigenvalue weighted by Gasteiger charge is 2.48. The fourth-order valence-electron chi connectivity index (χ4n) is 4.32. The molecule has 0 spiro atoms. The monoisotopic (exact) mass is 356 g/mol. The highest BCUT2D eigenvalue weighted by atomic mass is 16.3. The van der Waals surface area contributed by atoms with Crippen molar-refractivity contribution >= 4 is 0 Å². The van der Waals surface area contributed by atoms with Crippen LogP contribution in [0.2, 0.25) is 0 Å². The molecule has 1 saturated heterocycles. The van der Waals surface area contributed by atoms with Crippen molar-refractivity contribution in [3.8, 4) is 5.75 Å². The van der Waals surface area contributed by atoms with Crippen molar-refractivity contribution in [1.82, 2.24) is 31.0 Å². The molecule has 2 heterocycles.